The lowest BCUT2D eigenvalue weighted by molar-refractivity contribution is -0.119. The van der Waals surface area contributed by atoms with Crippen molar-refractivity contribution >= 4 is 33.6 Å². The van der Waals surface area contributed by atoms with Crippen LogP contribution in [-0.4, -0.2) is 28.5 Å². The molecule has 0 saturated carbocycles. The lowest BCUT2D eigenvalue weighted by Gasteiger charge is -2.09. The van der Waals surface area contributed by atoms with Crippen molar-refractivity contribution < 1.29 is 4.79 Å². The van der Waals surface area contributed by atoms with Gasteiger partial charge in [-0.3, -0.25) is 4.79 Å². The van der Waals surface area contributed by atoms with E-state index in [-0.39, 0.29) is 18.5 Å². The van der Waals surface area contributed by atoms with E-state index in [4.69, 9.17) is 5.73 Å². The van der Waals surface area contributed by atoms with E-state index < -0.39 is 0 Å². The van der Waals surface area contributed by atoms with Crippen molar-refractivity contribution in [2.45, 2.75) is 19.9 Å². The Hall–Kier alpha value is -1.37. The van der Waals surface area contributed by atoms with Gasteiger partial charge in [0.2, 0.25) is 11.9 Å². The van der Waals surface area contributed by atoms with Crippen LogP contribution in [0.2, 0.25) is 0 Å². The lowest BCUT2D eigenvalue weighted by Crippen LogP contribution is -2.35. The number of halogens is 1. The predicted molar refractivity (Wildman–Crippen MR) is 65.9 cm³/mol. The van der Waals surface area contributed by atoms with Crippen LogP contribution in [0.4, 0.5) is 11.8 Å². The van der Waals surface area contributed by atoms with Crippen molar-refractivity contribution in [1.82, 2.24) is 15.3 Å². The predicted octanol–water partition coefficient (Wildman–Crippen LogP) is 0.758. The minimum absolute atomic E-state index is 0.114. The molecule has 1 aromatic heterocycles. The number of aromatic nitrogens is 2. The first-order chi connectivity index (χ1) is 7.47. The molecule has 1 rings (SSSR count). The average molecular weight is 288 g/mol. The number of carbonyl (C=O) groups is 1. The van der Waals surface area contributed by atoms with Gasteiger partial charge in [-0.2, -0.15) is 4.98 Å². The summed E-state index contributed by atoms with van der Waals surface area (Å²) >= 11 is 3.19. The first-order valence-electron chi connectivity index (χ1n) is 4.80. The molecule has 0 saturated heterocycles. The molecule has 0 aliphatic heterocycles. The molecule has 6 nitrogen and oxygen atoms in total. The van der Waals surface area contributed by atoms with E-state index in [2.05, 4.69) is 36.5 Å². The Labute approximate surface area is 102 Å². The van der Waals surface area contributed by atoms with Gasteiger partial charge in [0.1, 0.15) is 10.4 Å². The normalized spacial score (nSPS) is 10.2. The molecule has 1 amide bonds. The van der Waals surface area contributed by atoms with Crippen LogP contribution in [0.25, 0.3) is 0 Å². The van der Waals surface area contributed by atoms with Crippen LogP contribution in [0.15, 0.2) is 10.7 Å². The maximum absolute atomic E-state index is 11.3. The zero-order valence-electron chi connectivity index (χ0n) is 9.12. The molecular weight excluding hydrogens is 274 g/mol. The van der Waals surface area contributed by atoms with E-state index in [1.54, 1.807) is 6.07 Å². The maximum atomic E-state index is 11.3. The lowest BCUT2D eigenvalue weighted by atomic mass is 10.4. The molecule has 0 aromatic carbocycles. The Balaban J connectivity index is 2.51. The largest absolute Gasteiger partial charge is 0.383 e. The van der Waals surface area contributed by atoms with Gasteiger partial charge >= 0.3 is 0 Å². The fourth-order valence-corrected chi connectivity index (χ4v) is 1.45. The number of amides is 1. The third-order valence-electron chi connectivity index (χ3n) is 1.57. The molecule has 7 heteroatoms. The Kier molecular flexibility index (Phi) is 4.48. The molecule has 0 atom stereocenters. The monoisotopic (exact) mass is 287 g/mol. The second-order valence-electron chi connectivity index (χ2n) is 3.51. The van der Waals surface area contributed by atoms with Gasteiger partial charge in [-0.1, -0.05) is 0 Å². The van der Waals surface area contributed by atoms with Crippen LogP contribution in [0.1, 0.15) is 13.8 Å². The van der Waals surface area contributed by atoms with Crippen LogP contribution in [0.3, 0.4) is 0 Å². The highest BCUT2D eigenvalue weighted by Crippen LogP contribution is 2.11. The molecule has 16 heavy (non-hydrogen) atoms. The fourth-order valence-electron chi connectivity index (χ4n) is 1.05. The van der Waals surface area contributed by atoms with E-state index in [1.165, 1.54) is 0 Å². The topological polar surface area (TPSA) is 92.9 Å². The van der Waals surface area contributed by atoms with Gasteiger partial charge in [-0.25, -0.2) is 4.98 Å². The zero-order chi connectivity index (χ0) is 12.1. The summed E-state index contributed by atoms with van der Waals surface area (Å²) in [6.45, 7) is 3.91. The number of hydrogen-bond donors (Lipinski definition) is 3. The molecule has 88 valence electrons. The van der Waals surface area contributed by atoms with E-state index in [0.717, 1.165) is 0 Å². The fraction of sp³-hybridized carbons (Fsp3) is 0.444. The Morgan fingerprint density at radius 2 is 2.25 bits per heavy atom. The summed E-state index contributed by atoms with van der Waals surface area (Å²) in [6, 6.07) is 1.70. The number of nitrogens with zero attached hydrogens (tertiary/aromatic N) is 2. The Morgan fingerprint density at radius 3 is 2.81 bits per heavy atom. The van der Waals surface area contributed by atoms with Gasteiger partial charge in [0, 0.05) is 12.1 Å². The van der Waals surface area contributed by atoms with E-state index >= 15 is 0 Å². The molecule has 0 fully saturated rings. The molecule has 0 spiro atoms. The number of hydrogen-bond acceptors (Lipinski definition) is 5. The summed E-state index contributed by atoms with van der Waals surface area (Å²) in [5, 5.41) is 5.53. The number of nitrogen functional groups attached to an aromatic ring is 1. The summed E-state index contributed by atoms with van der Waals surface area (Å²) in [5.41, 5.74) is 5.52. The summed E-state index contributed by atoms with van der Waals surface area (Å²) in [5.74, 6) is 0.552. The summed E-state index contributed by atoms with van der Waals surface area (Å²) in [4.78, 5) is 19.3. The number of nitrogens with two attached hydrogens (primary N) is 1. The Bertz CT molecular complexity index is 362. The van der Waals surface area contributed by atoms with Gasteiger partial charge in [0.25, 0.3) is 0 Å². The minimum atomic E-state index is -0.114. The molecular formula is C9H14BrN5O. The van der Waals surface area contributed by atoms with Crippen LogP contribution >= 0.6 is 15.9 Å². The van der Waals surface area contributed by atoms with Gasteiger partial charge in [0.05, 0.1) is 6.54 Å². The second-order valence-corrected chi connectivity index (χ2v) is 4.33. The highest BCUT2D eigenvalue weighted by molar-refractivity contribution is 9.10. The van der Waals surface area contributed by atoms with Crippen molar-refractivity contribution in [1.29, 1.82) is 0 Å². The summed E-state index contributed by atoms with van der Waals surface area (Å²) < 4.78 is 0.576. The Morgan fingerprint density at radius 1 is 1.56 bits per heavy atom. The molecule has 0 radical (unpaired) electrons. The molecule has 4 N–H and O–H groups in total. The average Bonchev–Trinajstić information content (AvgIpc) is 2.12. The number of carbonyl (C=O) groups excluding carboxylic acids is 1. The second kappa shape index (κ2) is 5.64. The standard InChI is InChI=1S/C9H14BrN5O/c1-5(2)13-8(16)4-12-9-14-6(10)3-7(11)15-9/h3,5H,4H2,1-2H3,(H,13,16)(H3,11,12,14,15). The first kappa shape index (κ1) is 12.7. The number of rotatable bonds is 4. The van der Waals surface area contributed by atoms with Crippen LogP contribution in [0.5, 0.6) is 0 Å². The molecule has 0 aliphatic rings. The first-order valence-corrected chi connectivity index (χ1v) is 5.60. The highest BCUT2D eigenvalue weighted by Gasteiger charge is 2.05. The quantitative estimate of drug-likeness (QED) is 0.711. The van der Waals surface area contributed by atoms with Gasteiger partial charge in [-0.05, 0) is 29.8 Å². The third kappa shape index (κ3) is 4.43. The third-order valence-corrected chi connectivity index (χ3v) is 1.98. The maximum Gasteiger partial charge on any atom is 0.239 e. The van der Waals surface area contributed by atoms with E-state index in [1.807, 2.05) is 13.8 Å². The highest BCUT2D eigenvalue weighted by atomic mass is 79.9. The van der Waals surface area contributed by atoms with Crippen LogP contribution in [0, 0.1) is 0 Å². The van der Waals surface area contributed by atoms with E-state index in [9.17, 15) is 4.79 Å². The molecule has 1 aromatic rings. The van der Waals surface area contributed by atoms with Crippen LogP contribution < -0.4 is 16.4 Å². The summed E-state index contributed by atoms with van der Waals surface area (Å²) in [7, 11) is 0. The molecule has 0 aliphatic carbocycles. The SMILES string of the molecule is CC(C)NC(=O)CNc1nc(N)cc(Br)n1. The van der Waals surface area contributed by atoms with Crippen molar-refractivity contribution in [3.05, 3.63) is 10.7 Å². The van der Waals surface area contributed by atoms with Crippen molar-refractivity contribution in [2.75, 3.05) is 17.6 Å². The zero-order valence-corrected chi connectivity index (χ0v) is 10.7. The van der Waals surface area contributed by atoms with Crippen molar-refractivity contribution in [3.8, 4) is 0 Å². The van der Waals surface area contributed by atoms with Crippen LogP contribution in [-0.2, 0) is 4.79 Å². The van der Waals surface area contributed by atoms with E-state index in [0.29, 0.717) is 16.4 Å². The van der Waals surface area contributed by atoms with Gasteiger partial charge in [-0.15, -0.1) is 0 Å². The minimum Gasteiger partial charge on any atom is -0.383 e. The number of nitrogens with one attached hydrogen (secondary N) is 2. The number of anilines is 2. The van der Waals surface area contributed by atoms with Gasteiger partial charge < -0.3 is 16.4 Å². The van der Waals surface area contributed by atoms with Crippen molar-refractivity contribution in [2.24, 2.45) is 0 Å². The molecule has 1 heterocycles. The molecule has 0 bridgehead atoms. The van der Waals surface area contributed by atoms with Gasteiger partial charge in [0.15, 0.2) is 0 Å². The van der Waals surface area contributed by atoms with Crippen molar-refractivity contribution in [3.63, 3.8) is 0 Å². The summed E-state index contributed by atoms with van der Waals surface area (Å²) in [6.07, 6.45) is 0. The molecule has 0 unspecified atom stereocenters. The smallest absolute Gasteiger partial charge is 0.239 e.